The van der Waals surface area contributed by atoms with E-state index in [4.69, 9.17) is 4.74 Å². The Balaban J connectivity index is 1.80. The molecule has 0 saturated heterocycles. The van der Waals surface area contributed by atoms with Crippen LogP contribution in [-0.4, -0.2) is 47.4 Å². The van der Waals surface area contributed by atoms with Gasteiger partial charge in [0.25, 0.3) is 0 Å². The third-order valence-corrected chi connectivity index (χ3v) is 6.70. The first-order valence-corrected chi connectivity index (χ1v) is 11.4. The fraction of sp³-hybridized carbons (Fsp3) is 0.478. The summed E-state index contributed by atoms with van der Waals surface area (Å²) in [5.74, 6) is -0.371. The minimum absolute atomic E-state index is 0.00369. The van der Waals surface area contributed by atoms with Crippen LogP contribution in [0.1, 0.15) is 50.1 Å². The van der Waals surface area contributed by atoms with Gasteiger partial charge in [0.15, 0.2) is 11.6 Å². The largest absolute Gasteiger partial charge is 0.488 e. The summed E-state index contributed by atoms with van der Waals surface area (Å²) in [7, 11) is 0. The van der Waals surface area contributed by atoms with Crippen molar-refractivity contribution in [2.24, 2.45) is 0 Å². The van der Waals surface area contributed by atoms with Gasteiger partial charge in [0, 0.05) is 23.9 Å². The number of rotatable bonds is 8. The highest BCUT2D eigenvalue weighted by molar-refractivity contribution is 7.10. The van der Waals surface area contributed by atoms with Crippen LogP contribution in [-0.2, 0) is 16.0 Å². The molecule has 162 valence electrons. The maximum atomic E-state index is 14.0. The van der Waals surface area contributed by atoms with Crippen molar-refractivity contribution in [3.8, 4) is 5.75 Å². The highest BCUT2D eigenvalue weighted by Crippen LogP contribution is 2.34. The van der Waals surface area contributed by atoms with Gasteiger partial charge in [-0.1, -0.05) is 26.0 Å². The molecule has 30 heavy (non-hydrogen) atoms. The van der Waals surface area contributed by atoms with Crippen LogP contribution in [0, 0.1) is 5.82 Å². The number of amides is 2. The second-order valence-corrected chi connectivity index (χ2v) is 8.53. The molecule has 0 spiro atoms. The van der Waals surface area contributed by atoms with Crippen LogP contribution in [0.5, 0.6) is 5.75 Å². The second-order valence-electron chi connectivity index (χ2n) is 7.53. The summed E-state index contributed by atoms with van der Waals surface area (Å²) in [4.78, 5) is 30.4. The summed E-state index contributed by atoms with van der Waals surface area (Å²) in [5, 5.41) is 2.01. The van der Waals surface area contributed by atoms with Gasteiger partial charge in [-0.15, -0.1) is 11.3 Å². The van der Waals surface area contributed by atoms with E-state index in [1.54, 1.807) is 39.3 Å². The topological polar surface area (TPSA) is 49.9 Å². The lowest BCUT2D eigenvalue weighted by Gasteiger charge is -2.38. The molecule has 0 radical (unpaired) electrons. The Morgan fingerprint density at radius 3 is 2.77 bits per heavy atom. The number of thiophene rings is 1. The third-order valence-electron chi connectivity index (χ3n) is 5.70. The van der Waals surface area contributed by atoms with E-state index in [0.717, 1.165) is 18.4 Å². The van der Waals surface area contributed by atoms with Crippen molar-refractivity contribution in [2.45, 2.75) is 52.1 Å². The molecule has 2 heterocycles. The molecule has 0 N–H and O–H groups in total. The smallest absolute Gasteiger partial charge is 0.242 e. The molecule has 3 rings (SSSR count). The van der Waals surface area contributed by atoms with Crippen LogP contribution in [0.25, 0.3) is 0 Å². The third kappa shape index (κ3) is 4.83. The molecule has 2 aromatic rings. The molecule has 0 aliphatic carbocycles. The van der Waals surface area contributed by atoms with E-state index in [1.165, 1.54) is 10.9 Å². The molecule has 1 aromatic heterocycles. The van der Waals surface area contributed by atoms with Crippen molar-refractivity contribution in [3.05, 3.63) is 52.0 Å². The zero-order chi connectivity index (χ0) is 21.7. The number of nitrogens with zero attached hydrogens (tertiary/aromatic N) is 2. The molecule has 5 nitrogen and oxygen atoms in total. The maximum Gasteiger partial charge on any atom is 0.242 e. The van der Waals surface area contributed by atoms with Crippen molar-refractivity contribution in [2.75, 3.05) is 19.7 Å². The standard InChI is InChI=1S/C23H29FN2O3S/c1-4-16(3)26(22(27)5-2)14-23(28)25-12-10-21-17(11-13-30-21)19(25)15-29-20-9-7-6-8-18(20)24/h6-9,11,13,16,19H,4-5,10,12,14-15H2,1-3H3/t16-,19+/m1/s1. The van der Waals surface area contributed by atoms with Crippen LogP contribution < -0.4 is 4.74 Å². The number of hydrogen-bond acceptors (Lipinski definition) is 4. The van der Waals surface area contributed by atoms with Crippen LogP contribution in [0.3, 0.4) is 0 Å². The maximum absolute atomic E-state index is 14.0. The monoisotopic (exact) mass is 432 g/mol. The zero-order valence-electron chi connectivity index (χ0n) is 17.8. The molecule has 1 aliphatic heterocycles. The number of halogens is 1. The van der Waals surface area contributed by atoms with Crippen LogP contribution in [0.4, 0.5) is 4.39 Å². The average molecular weight is 433 g/mol. The van der Waals surface area contributed by atoms with Crippen LogP contribution in [0.15, 0.2) is 35.7 Å². The van der Waals surface area contributed by atoms with E-state index >= 15 is 0 Å². The Morgan fingerprint density at radius 1 is 1.30 bits per heavy atom. The van der Waals surface area contributed by atoms with Gasteiger partial charge in [0.1, 0.15) is 13.2 Å². The SMILES string of the molecule is CCC(=O)N(CC(=O)N1CCc2sccc2[C@@H]1COc1ccccc1F)[C@H](C)CC. The van der Waals surface area contributed by atoms with Gasteiger partial charge in [-0.3, -0.25) is 9.59 Å². The van der Waals surface area contributed by atoms with E-state index in [9.17, 15) is 14.0 Å². The Hall–Kier alpha value is -2.41. The molecular formula is C23H29FN2O3S. The van der Waals surface area contributed by atoms with Crippen molar-refractivity contribution in [3.63, 3.8) is 0 Å². The van der Waals surface area contributed by atoms with Crippen LogP contribution in [0.2, 0.25) is 0 Å². The molecule has 1 aromatic carbocycles. The Kier molecular flexibility index (Phi) is 7.48. The number of carbonyl (C=O) groups excluding carboxylic acids is 2. The number of hydrogen-bond donors (Lipinski definition) is 0. The van der Waals surface area contributed by atoms with E-state index in [1.807, 2.05) is 32.2 Å². The molecule has 0 fully saturated rings. The zero-order valence-corrected chi connectivity index (χ0v) is 18.6. The predicted molar refractivity (Wildman–Crippen MR) is 116 cm³/mol. The Labute approximate surface area is 181 Å². The highest BCUT2D eigenvalue weighted by atomic mass is 32.1. The first-order chi connectivity index (χ1) is 14.5. The van der Waals surface area contributed by atoms with Crippen molar-refractivity contribution in [1.82, 2.24) is 9.80 Å². The first kappa shape index (κ1) is 22.3. The lowest BCUT2D eigenvalue weighted by molar-refractivity contribution is -0.144. The molecule has 0 saturated carbocycles. The number of fused-ring (bicyclic) bond motifs is 1. The lowest BCUT2D eigenvalue weighted by atomic mass is 10.00. The van der Waals surface area contributed by atoms with Gasteiger partial charge in [-0.05, 0) is 48.9 Å². The minimum atomic E-state index is -0.423. The quantitative estimate of drug-likeness (QED) is 0.620. The number of ether oxygens (including phenoxy) is 1. The highest BCUT2D eigenvalue weighted by Gasteiger charge is 2.34. The predicted octanol–water partition coefficient (Wildman–Crippen LogP) is 4.43. The molecule has 2 amide bonds. The van der Waals surface area contributed by atoms with E-state index in [-0.39, 0.29) is 42.8 Å². The Morgan fingerprint density at radius 2 is 2.07 bits per heavy atom. The fourth-order valence-electron chi connectivity index (χ4n) is 3.75. The molecular weight excluding hydrogens is 403 g/mol. The molecule has 7 heteroatoms. The summed E-state index contributed by atoms with van der Waals surface area (Å²) in [6, 6.07) is 7.98. The summed E-state index contributed by atoms with van der Waals surface area (Å²) < 4.78 is 19.8. The first-order valence-electron chi connectivity index (χ1n) is 10.5. The van der Waals surface area contributed by atoms with Crippen molar-refractivity contribution < 1.29 is 18.7 Å². The number of benzene rings is 1. The van der Waals surface area contributed by atoms with Gasteiger partial charge in [-0.2, -0.15) is 0 Å². The van der Waals surface area contributed by atoms with Gasteiger partial charge in [-0.25, -0.2) is 4.39 Å². The second kappa shape index (κ2) is 10.1. The van der Waals surface area contributed by atoms with Crippen molar-refractivity contribution >= 4 is 23.2 Å². The number of para-hydroxylation sites is 1. The van der Waals surface area contributed by atoms with Crippen molar-refractivity contribution in [1.29, 1.82) is 0 Å². The van der Waals surface area contributed by atoms with E-state index in [2.05, 4.69) is 0 Å². The van der Waals surface area contributed by atoms with Gasteiger partial charge >= 0.3 is 0 Å². The van der Waals surface area contributed by atoms with E-state index < -0.39 is 5.82 Å². The fourth-order valence-corrected chi connectivity index (χ4v) is 4.68. The normalized spacial score (nSPS) is 16.7. The number of carbonyl (C=O) groups is 2. The van der Waals surface area contributed by atoms with Gasteiger partial charge < -0.3 is 14.5 Å². The summed E-state index contributed by atoms with van der Waals surface area (Å²) in [5.41, 5.74) is 1.05. The molecule has 0 unspecified atom stereocenters. The summed E-state index contributed by atoms with van der Waals surface area (Å²) in [6.07, 6.45) is 1.93. The summed E-state index contributed by atoms with van der Waals surface area (Å²) >= 11 is 1.67. The lowest BCUT2D eigenvalue weighted by Crippen LogP contribution is -2.49. The van der Waals surface area contributed by atoms with Crippen LogP contribution >= 0.6 is 11.3 Å². The average Bonchev–Trinajstić information content (AvgIpc) is 3.24. The molecule has 1 aliphatic rings. The van der Waals surface area contributed by atoms with Gasteiger partial charge in [0.2, 0.25) is 11.8 Å². The minimum Gasteiger partial charge on any atom is -0.488 e. The molecule has 2 atom stereocenters. The Bertz CT molecular complexity index is 885. The van der Waals surface area contributed by atoms with Gasteiger partial charge in [0.05, 0.1) is 6.04 Å². The molecule has 0 bridgehead atoms. The summed E-state index contributed by atoms with van der Waals surface area (Å²) in [6.45, 7) is 6.57. The van der Waals surface area contributed by atoms with E-state index in [0.29, 0.717) is 13.0 Å².